The molecule has 0 radical (unpaired) electrons. The van der Waals surface area contributed by atoms with Crippen molar-refractivity contribution in [1.82, 2.24) is 14.8 Å². The lowest BCUT2D eigenvalue weighted by Gasteiger charge is -2.40. The summed E-state index contributed by atoms with van der Waals surface area (Å²) >= 11 is 0. The summed E-state index contributed by atoms with van der Waals surface area (Å²) in [5.41, 5.74) is 4.95. The Balaban J connectivity index is 1.37. The van der Waals surface area contributed by atoms with Gasteiger partial charge in [-0.3, -0.25) is 4.79 Å². The molecule has 2 heterocycles. The molecule has 3 aromatic rings. The van der Waals surface area contributed by atoms with Crippen LogP contribution in [0.2, 0.25) is 0 Å². The van der Waals surface area contributed by atoms with Gasteiger partial charge in [0.05, 0.1) is 12.5 Å². The molecule has 0 unspecified atom stereocenters. The van der Waals surface area contributed by atoms with Crippen molar-refractivity contribution in [3.05, 3.63) is 88.6 Å². The molecule has 2 atom stereocenters. The number of hydrogen-bond acceptors (Lipinski definition) is 7. The third-order valence-corrected chi connectivity index (χ3v) is 8.94. The highest BCUT2D eigenvalue weighted by Gasteiger charge is 2.43. The lowest BCUT2D eigenvalue weighted by atomic mass is 9.79. The quantitative estimate of drug-likeness (QED) is 0.200. The third-order valence-electron chi connectivity index (χ3n) is 8.94. The smallest absolute Gasteiger partial charge is 0.410 e. The number of benzene rings is 2. The van der Waals surface area contributed by atoms with E-state index >= 15 is 0 Å². The number of hydrogen-bond donors (Lipinski definition) is 0. The number of aromatic nitrogens is 1. The van der Waals surface area contributed by atoms with Crippen LogP contribution in [0.1, 0.15) is 73.8 Å². The summed E-state index contributed by atoms with van der Waals surface area (Å²) < 4.78 is 22.7. The molecule has 1 saturated heterocycles. The molecule has 0 spiro atoms. The molecule has 5 rings (SSSR count). The fourth-order valence-electron chi connectivity index (χ4n) is 6.10. The zero-order valence-corrected chi connectivity index (χ0v) is 28.7. The van der Waals surface area contributed by atoms with E-state index in [0.717, 1.165) is 29.7 Å². The maximum Gasteiger partial charge on any atom is 0.410 e. The fraction of sp³-hybridized carbons (Fsp3) is 0.500. The SMILES string of the molecule is COCCOc1cc(COc2cccc([C@H]3CCN(C(=O)OC(C)(C)C)C[C@@H]3C(=O)N(Cc3cccc(C)c3C)C3CC3)c2)ccn1. The first-order valence-corrected chi connectivity index (χ1v) is 16.7. The number of pyridine rings is 1. The molecule has 9 heteroatoms. The van der Waals surface area contributed by atoms with E-state index in [2.05, 4.69) is 48.0 Å². The first-order valence-electron chi connectivity index (χ1n) is 16.7. The van der Waals surface area contributed by atoms with E-state index in [-0.39, 0.29) is 24.0 Å². The van der Waals surface area contributed by atoms with E-state index in [1.54, 1.807) is 18.2 Å². The van der Waals surface area contributed by atoms with Gasteiger partial charge in [0.1, 0.15) is 24.6 Å². The van der Waals surface area contributed by atoms with Crippen molar-refractivity contribution in [2.75, 3.05) is 33.4 Å². The van der Waals surface area contributed by atoms with E-state index in [4.69, 9.17) is 18.9 Å². The Morgan fingerprint density at radius 3 is 2.51 bits per heavy atom. The van der Waals surface area contributed by atoms with Crippen LogP contribution in [0.5, 0.6) is 11.6 Å². The maximum atomic E-state index is 14.6. The molecule has 2 aromatic carbocycles. The minimum absolute atomic E-state index is 0.0775. The standard InChI is InChI=1S/C38H49N3O6/c1-26-9-7-11-30(27(26)2)23-41(31-13-14-31)36(42)34-24-40(37(43)47-38(3,4)5)18-16-33(34)29-10-8-12-32(22-29)46-25-28-15-17-39-35(21-28)45-20-19-44-6/h7-12,15,17,21-22,31,33-34H,13-14,16,18-20,23-25H2,1-6H3/t33-,34+/m1/s1. The monoisotopic (exact) mass is 643 g/mol. The summed E-state index contributed by atoms with van der Waals surface area (Å²) in [6.07, 6.45) is 3.98. The van der Waals surface area contributed by atoms with Crippen molar-refractivity contribution in [3.63, 3.8) is 0 Å². The van der Waals surface area contributed by atoms with Gasteiger partial charge in [-0.25, -0.2) is 9.78 Å². The van der Waals surface area contributed by atoms with E-state index in [0.29, 0.717) is 51.8 Å². The Kier molecular flexibility index (Phi) is 11.1. The van der Waals surface area contributed by atoms with Crippen LogP contribution in [0, 0.1) is 19.8 Å². The molecular formula is C38H49N3O6. The molecule has 2 fully saturated rings. The molecule has 9 nitrogen and oxygen atoms in total. The van der Waals surface area contributed by atoms with Crippen molar-refractivity contribution in [3.8, 4) is 11.6 Å². The Bertz CT molecular complexity index is 1530. The van der Waals surface area contributed by atoms with Crippen molar-refractivity contribution >= 4 is 12.0 Å². The average Bonchev–Trinajstić information content (AvgIpc) is 3.89. The number of amides is 2. The summed E-state index contributed by atoms with van der Waals surface area (Å²) in [5, 5.41) is 0. The molecule has 47 heavy (non-hydrogen) atoms. The number of methoxy groups -OCH3 is 1. The Morgan fingerprint density at radius 1 is 0.979 bits per heavy atom. The van der Waals surface area contributed by atoms with E-state index < -0.39 is 11.5 Å². The number of carbonyl (C=O) groups is 2. The second-order valence-corrected chi connectivity index (χ2v) is 13.7. The van der Waals surface area contributed by atoms with Crippen LogP contribution in [0.25, 0.3) is 0 Å². The molecule has 0 bridgehead atoms. The van der Waals surface area contributed by atoms with Crippen LogP contribution in [-0.2, 0) is 27.4 Å². The predicted octanol–water partition coefficient (Wildman–Crippen LogP) is 6.83. The molecule has 2 amide bonds. The summed E-state index contributed by atoms with van der Waals surface area (Å²) in [7, 11) is 1.63. The lowest BCUT2D eigenvalue weighted by Crippen LogP contribution is -2.51. The zero-order chi connectivity index (χ0) is 33.6. The number of nitrogens with zero attached hydrogens (tertiary/aromatic N) is 3. The van der Waals surface area contributed by atoms with Gasteiger partial charge in [-0.1, -0.05) is 30.3 Å². The summed E-state index contributed by atoms with van der Waals surface area (Å²) in [4.78, 5) is 35.9. The summed E-state index contributed by atoms with van der Waals surface area (Å²) in [6.45, 7) is 12.5. The highest BCUT2D eigenvalue weighted by molar-refractivity contribution is 5.82. The van der Waals surface area contributed by atoms with Crippen LogP contribution in [-0.4, -0.2) is 71.8 Å². The van der Waals surface area contributed by atoms with Crippen molar-refractivity contribution in [1.29, 1.82) is 0 Å². The van der Waals surface area contributed by atoms with Crippen LogP contribution >= 0.6 is 0 Å². The van der Waals surface area contributed by atoms with Crippen LogP contribution < -0.4 is 9.47 Å². The van der Waals surface area contributed by atoms with E-state index in [1.807, 2.05) is 51.1 Å². The van der Waals surface area contributed by atoms with Gasteiger partial charge in [0.2, 0.25) is 11.8 Å². The van der Waals surface area contributed by atoms with Gasteiger partial charge in [-0.2, -0.15) is 0 Å². The first kappa shape index (κ1) is 34.2. The van der Waals surface area contributed by atoms with Gasteiger partial charge >= 0.3 is 6.09 Å². The molecule has 1 saturated carbocycles. The molecule has 1 aliphatic heterocycles. The topological polar surface area (TPSA) is 90.4 Å². The normalized spacial score (nSPS) is 18.0. The second-order valence-electron chi connectivity index (χ2n) is 13.7. The minimum atomic E-state index is -0.618. The Morgan fingerprint density at radius 2 is 1.77 bits per heavy atom. The lowest BCUT2D eigenvalue weighted by molar-refractivity contribution is -0.139. The van der Waals surface area contributed by atoms with Crippen molar-refractivity contribution < 1.29 is 28.5 Å². The number of rotatable bonds is 12. The van der Waals surface area contributed by atoms with Gasteiger partial charge in [0.15, 0.2) is 0 Å². The average molecular weight is 644 g/mol. The number of carbonyl (C=O) groups excluding carboxylic acids is 2. The summed E-state index contributed by atoms with van der Waals surface area (Å²) in [5.74, 6) is 0.846. The largest absolute Gasteiger partial charge is 0.489 e. The van der Waals surface area contributed by atoms with E-state index in [9.17, 15) is 9.59 Å². The van der Waals surface area contributed by atoms with Crippen molar-refractivity contribution in [2.45, 2.75) is 84.6 Å². The van der Waals surface area contributed by atoms with E-state index in [1.165, 1.54) is 16.7 Å². The third kappa shape index (κ3) is 9.25. The Hall–Kier alpha value is -4.11. The van der Waals surface area contributed by atoms with Crippen LogP contribution in [0.3, 0.4) is 0 Å². The van der Waals surface area contributed by atoms with Crippen molar-refractivity contribution in [2.24, 2.45) is 5.92 Å². The van der Waals surface area contributed by atoms with Gasteiger partial charge < -0.3 is 28.7 Å². The highest BCUT2D eigenvalue weighted by atomic mass is 16.6. The maximum absolute atomic E-state index is 14.6. The fourth-order valence-corrected chi connectivity index (χ4v) is 6.10. The molecule has 252 valence electrons. The number of aryl methyl sites for hydroxylation is 1. The minimum Gasteiger partial charge on any atom is -0.489 e. The first-order chi connectivity index (χ1) is 22.5. The number of likely N-dealkylation sites (tertiary alicyclic amines) is 1. The Labute approximate surface area is 279 Å². The van der Waals surface area contributed by atoms with Crippen LogP contribution in [0.15, 0.2) is 60.8 Å². The van der Waals surface area contributed by atoms with Gasteiger partial charge in [-0.05, 0) is 106 Å². The van der Waals surface area contributed by atoms with Gasteiger partial charge in [0.25, 0.3) is 0 Å². The van der Waals surface area contributed by atoms with Gasteiger partial charge in [0, 0.05) is 45.0 Å². The molecule has 2 aliphatic rings. The second kappa shape index (κ2) is 15.2. The summed E-state index contributed by atoms with van der Waals surface area (Å²) in [6, 6.07) is 18.3. The predicted molar refractivity (Wildman–Crippen MR) is 181 cm³/mol. The number of piperidine rings is 1. The molecule has 1 aliphatic carbocycles. The molecule has 1 aromatic heterocycles. The van der Waals surface area contributed by atoms with Gasteiger partial charge in [-0.15, -0.1) is 0 Å². The highest BCUT2D eigenvalue weighted by Crippen LogP contribution is 2.39. The number of ether oxygens (including phenoxy) is 4. The van der Waals surface area contributed by atoms with Crippen LogP contribution in [0.4, 0.5) is 4.79 Å². The zero-order valence-electron chi connectivity index (χ0n) is 28.7. The molecular weight excluding hydrogens is 594 g/mol. The molecule has 0 N–H and O–H groups in total.